The molecule has 16 heavy (non-hydrogen) atoms. The smallest absolute Gasteiger partial charge is 0.131 e. The summed E-state index contributed by atoms with van der Waals surface area (Å²) in [5.74, 6) is -1.22. The predicted molar refractivity (Wildman–Crippen MR) is 64.4 cm³/mol. The fraction of sp³-hybridized carbons (Fsp3) is 0.0909. The summed E-state index contributed by atoms with van der Waals surface area (Å²) >= 11 is 4.77. The van der Waals surface area contributed by atoms with Crippen LogP contribution in [0.5, 0.6) is 0 Å². The number of rotatable bonds is 2. The summed E-state index contributed by atoms with van der Waals surface area (Å²) in [5.41, 5.74) is 6.23. The lowest BCUT2D eigenvalue weighted by Crippen LogP contribution is -2.12. The normalized spacial score (nSPS) is 12.8. The molecule has 2 N–H and O–H groups in total. The lowest BCUT2D eigenvalue weighted by Gasteiger charge is -2.11. The van der Waals surface area contributed by atoms with E-state index >= 15 is 0 Å². The molecule has 0 aliphatic carbocycles. The minimum absolute atomic E-state index is 0.296. The molecule has 0 radical (unpaired) electrons. The fourth-order valence-corrected chi connectivity index (χ4v) is 3.06. The first kappa shape index (κ1) is 11.7. The molecule has 0 fully saturated rings. The Morgan fingerprint density at radius 2 is 2.00 bits per heavy atom. The van der Waals surface area contributed by atoms with Gasteiger partial charge in [-0.05, 0) is 33.4 Å². The van der Waals surface area contributed by atoms with E-state index in [2.05, 4.69) is 15.9 Å². The van der Waals surface area contributed by atoms with Crippen molar-refractivity contribution in [1.82, 2.24) is 0 Å². The minimum Gasteiger partial charge on any atom is -0.319 e. The first-order chi connectivity index (χ1) is 7.59. The summed E-state index contributed by atoms with van der Waals surface area (Å²) in [4.78, 5) is 0.825. The zero-order valence-corrected chi connectivity index (χ0v) is 10.5. The van der Waals surface area contributed by atoms with Gasteiger partial charge in [0.15, 0.2) is 0 Å². The van der Waals surface area contributed by atoms with E-state index in [1.807, 2.05) is 11.4 Å². The Balaban J connectivity index is 2.41. The first-order valence-electron chi connectivity index (χ1n) is 4.53. The summed E-state index contributed by atoms with van der Waals surface area (Å²) in [6.45, 7) is 0. The van der Waals surface area contributed by atoms with Gasteiger partial charge in [0.2, 0.25) is 0 Å². The molecule has 1 aromatic carbocycles. The van der Waals surface area contributed by atoms with Gasteiger partial charge >= 0.3 is 0 Å². The van der Waals surface area contributed by atoms with Gasteiger partial charge in [-0.25, -0.2) is 8.78 Å². The van der Waals surface area contributed by atoms with Crippen LogP contribution in [0, 0.1) is 11.6 Å². The molecule has 5 heteroatoms. The molecule has 2 aromatic rings. The van der Waals surface area contributed by atoms with E-state index in [0.29, 0.717) is 5.56 Å². The summed E-state index contributed by atoms with van der Waals surface area (Å²) in [7, 11) is 0. The average Bonchev–Trinajstić information content (AvgIpc) is 2.63. The molecule has 1 heterocycles. The van der Waals surface area contributed by atoms with Crippen molar-refractivity contribution in [3.8, 4) is 0 Å². The molecule has 1 nitrogen and oxygen atoms in total. The molecule has 84 valence electrons. The van der Waals surface area contributed by atoms with Gasteiger partial charge in [0.25, 0.3) is 0 Å². The molecule has 0 aliphatic rings. The Hall–Kier alpha value is -0.780. The van der Waals surface area contributed by atoms with Crippen LogP contribution in [0.25, 0.3) is 0 Å². The highest BCUT2D eigenvalue weighted by Gasteiger charge is 2.17. The predicted octanol–water partition coefficient (Wildman–Crippen LogP) is 3.84. The van der Waals surface area contributed by atoms with Crippen LogP contribution >= 0.6 is 27.3 Å². The van der Waals surface area contributed by atoms with Crippen molar-refractivity contribution in [2.45, 2.75) is 6.04 Å². The largest absolute Gasteiger partial charge is 0.319 e. The van der Waals surface area contributed by atoms with Gasteiger partial charge in [-0.2, -0.15) is 0 Å². The molecule has 0 amide bonds. The van der Waals surface area contributed by atoms with Crippen molar-refractivity contribution in [3.05, 3.63) is 56.2 Å². The molecule has 0 saturated heterocycles. The molecule has 0 bridgehead atoms. The molecule has 0 spiro atoms. The quantitative estimate of drug-likeness (QED) is 0.896. The highest BCUT2D eigenvalue weighted by molar-refractivity contribution is 9.10. The second-order valence-corrected chi connectivity index (χ2v) is 5.08. The molecule has 1 aromatic heterocycles. The maximum absolute atomic E-state index is 13.5. The van der Waals surface area contributed by atoms with E-state index in [-0.39, 0.29) is 0 Å². The second kappa shape index (κ2) is 4.61. The van der Waals surface area contributed by atoms with Crippen LogP contribution in [0.1, 0.15) is 16.5 Å². The van der Waals surface area contributed by atoms with Crippen LogP contribution in [-0.2, 0) is 0 Å². The van der Waals surface area contributed by atoms with Crippen molar-refractivity contribution >= 4 is 27.3 Å². The zero-order chi connectivity index (χ0) is 11.7. The Bertz CT molecular complexity index is 512. The zero-order valence-electron chi connectivity index (χ0n) is 8.08. The van der Waals surface area contributed by atoms with Crippen LogP contribution in [-0.4, -0.2) is 0 Å². The first-order valence-corrected chi connectivity index (χ1v) is 6.20. The van der Waals surface area contributed by atoms with E-state index < -0.39 is 17.7 Å². The van der Waals surface area contributed by atoms with Gasteiger partial charge in [0.1, 0.15) is 11.6 Å². The number of benzene rings is 1. The van der Waals surface area contributed by atoms with Crippen molar-refractivity contribution in [3.63, 3.8) is 0 Å². The second-order valence-electron chi connectivity index (χ2n) is 3.28. The minimum atomic E-state index is -0.618. The molecule has 1 atom stereocenters. The van der Waals surface area contributed by atoms with Gasteiger partial charge in [-0.15, -0.1) is 11.3 Å². The Morgan fingerprint density at radius 1 is 1.25 bits per heavy atom. The monoisotopic (exact) mass is 303 g/mol. The van der Waals surface area contributed by atoms with Crippen molar-refractivity contribution in [2.75, 3.05) is 0 Å². The summed E-state index contributed by atoms with van der Waals surface area (Å²) in [6.07, 6.45) is 0. The topological polar surface area (TPSA) is 26.0 Å². The third-order valence-electron chi connectivity index (χ3n) is 2.22. The van der Waals surface area contributed by atoms with Crippen LogP contribution in [0.2, 0.25) is 0 Å². The van der Waals surface area contributed by atoms with Gasteiger partial charge in [-0.3, -0.25) is 0 Å². The molecular weight excluding hydrogens is 296 g/mol. The van der Waals surface area contributed by atoms with Gasteiger partial charge in [0.05, 0.1) is 6.04 Å². The van der Waals surface area contributed by atoms with E-state index in [4.69, 9.17) is 5.73 Å². The Morgan fingerprint density at radius 3 is 2.56 bits per heavy atom. The third kappa shape index (κ3) is 2.16. The van der Waals surface area contributed by atoms with E-state index in [9.17, 15) is 8.78 Å². The Labute approximate surface area is 104 Å². The van der Waals surface area contributed by atoms with Crippen LogP contribution in [0.15, 0.2) is 34.1 Å². The van der Waals surface area contributed by atoms with Crippen molar-refractivity contribution in [2.24, 2.45) is 5.73 Å². The molecule has 1 unspecified atom stereocenters. The van der Waals surface area contributed by atoms with Crippen LogP contribution in [0.4, 0.5) is 8.78 Å². The standard InChI is InChI=1S/C11H8BrF2NS/c12-8-3-4-16-11(8)10(15)7-2-1-6(13)5-9(7)14/h1-5,10H,15H2. The third-order valence-corrected chi connectivity index (χ3v) is 4.18. The SMILES string of the molecule is NC(c1ccc(F)cc1F)c1sccc1Br. The number of hydrogen-bond acceptors (Lipinski definition) is 2. The van der Waals surface area contributed by atoms with E-state index in [1.165, 1.54) is 23.5 Å². The molecule has 0 aliphatic heterocycles. The van der Waals surface area contributed by atoms with E-state index in [1.54, 1.807) is 0 Å². The van der Waals surface area contributed by atoms with Crippen molar-refractivity contribution < 1.29 is 8.78 Å². The number of hydrogen-bond donors (Lipinski definition) is 1. The lowest BCUT2D eigenvalue weighted by atomic mass is 10.1. The number of halogens is 3. The number of thiophene rings is 1. The van der Waals surface area contributed by atoms with Gasteiger partial charge in [0, 0.05) is 21.0 Å². The molecular formula is C11H8BrF2NS. The molecule has 0 saturated carbocycles. The summed E-state index contributed by atoms with van der Waals surface area (Å²) in [6, 6.07) is 4.70. The molecule has 2 rings (SSSR count). The summed E-state index contributed by atoms with van der Waals surface area (Å²) in [5, 5.41) is 1.86. The van der Waals surface area contributed by atoms with Gasteiger partial charge in [-0.1, -0.05) is 6.07 Å². The number of nitrogens with two attached hydrogens (primary N) is 1. The summed E-state index contributed by atoms with van der Waals surface area (Å²) < 4.78 is 27.1. The fourth-order valence-electron chi connectivity index (χ4n) is 1.42. The highest BCUT2D eigenvalue weighted by Crippen LogP contribution is 2.32. The Kier molecular flexibility index (Phi) is 3.37. The maximum Gasteiger partial charge on any atom is 0.131 e. The average molecular weight is 304 g/mol. The van der Waals surface area contributed by atoms with Crippen LogP contribution < -0.4 is 5.73 Å². The lowest BCUT2D eigenvalue weighted by molar-refractivity contribution is 0.566. The van der Waals surface area contributed by atoms with Crippen LogP contribution in [0.3, 0.4) is 0 Å². The van der Waals surface area contributed by atoms with Gasteiger partial charge < -0.3 is 5.73 Å². The van der Waals surface area contributed by atoms with Crippen molar-refractivity contribution in [1.29, 1.82) is 0 Å². The highest BCUT2D eigenvalue weighted by atomic mass is 79.9. The van der Waals surface area contributed by atoms with E-state index in [0.717, 1.165) is 15.4 Å². The maximum atomic E-state index is 13.5.